The lowest BCUT2D eigenvalue weighted by atomic mass is 9.92. The molecule has 0 spiro atoms. The number of rotatable bonds is 7. The second kappa shape index (κ2) is 9.02. The summed E-state index contributed by atoms with van der Waals surface area (Å²) in [6.45, 7) is 16.5. The van der Waals surface area contributed by atoms with Gasteiger partial charge in [0.25, 0.3) is 0 Å². The number of aromatic nitrogens is 1. The Kier molecular flexibility index (Phi) is 6.21. The lowest BCUT2D eigenvalue weighted by Gasteiger charge is -2.22. The molecule has 2 aliphatic heterocycles. The Morgan fingerprint density at radius 1 is 1.13 bits per heavy atom. The molecule has 1 fully saturated rings. The van der Waals surface area contributed by atoms with E-state index in [-0.39, 0.29) is 0 Å². The van der Waals surface area contributed by atoms with Crippen LogP contribution in [0.5, 0.6) is 0 Å². The van der Waals surface area contributed by atoms with Crippen molar-refractivity contribution in [2.45, 2.75) is 26.2 Å². The number of nitrogens with one attached hydrogen (secondary N) is 2. The maximum Gasteiger partial charge on any atom is 0.130 e. The molecular formula is C25H28N4S. The predicted octanol–water partition coefficient (Wildman–Crippen LogP) is 6.13. The minimum absolute atomic E-state index is 0.593. The zero-order valence-corrected chi connectivity index (χ0v) is 18.3. The van der Waals surface area contributed by atoms with E-state index in [1.165, 1.54) is 18.6 Å². The van der Waals surface area contributed by atoms with Crippen LogP contribution in [-0.4, -0.2) is 23.8 Å². The summed E-state index contributed by atoms with van der Waals surface area (Å²) in [5, 5.41) is 8.97. The van der Waals surface area contributed by atoms with Gasteiger partial charge in [0.15, 0.2) is 0 Å². The first-order valence-electron chi connectivity index (χ1n) is 10.4. The Hall–Kier alpha value is -2.63. The summed E-state index contributed by atoms with van der Waals surface area (Å²) in [4.78, 5) is 11.5. The molecule has 1 aromatic heterocycles. The normalized spacial score (nSPS) is 16.8. The average Bonchev–Trinajstić information content (AvgIpc) is 3.24. The molecule has 30 heavy (non-hydrogen) atoms. The Morgan fingerprint density at radius 2 is 1.93 bits per heavy atom. The number of aliphatic imine (C=N–C) groups is 1. The predicted molar refractivity (Wildman–Crippen MR) is 132 cm³/mol. The van der Waals surface area contributed by atoms with E-state index in [1.54, 1.807) is 11.8 Å². The van der Waals surface area contributed by atoms with Gasteiger partial charge in [0, 0.05) is 34.5 Å². The van der Waals surface area contributed by atoms with Crippen molar-refractivity contribution in [3.05, 3.63) is 78.1 Å². The molecule has 2 aliphatic rings. The van der Waals surface area contributed by atoms with Crippen LogP contribution in [0.3, 0.4) is 0 Å². The van der Waals surface area contributed by atoms with Gasteiger partial charge in [-0.3, -0.25) is 4.99 Å². The highest BCUT2D eigenvalue weighted by atomic mass is 32.2. The number of piperidine rings is 1. The Balaban J connectivity index is 1.48. The van der Waals surface area contributed by atoms with Gasteiger partial charge in [-0.05, 0) is 60.8 Å². The van der Waals surface area contributed by atoms with E-state index in [2.05, 4.69) is 65.7 Å². The molecule has 4 nitrogen and oxygen atoms in total. The fourth-order valence-electron chi connectivity index (χ4n) is 3.92. The molecule has 0 bridgehead atoms. The second-order valence-corrected chi connectivity index (χ2v) is 9.28. The molecule has 154 valence electrons. The summed E-state index contributed by atoms with van der Waals surface area (Å²) in [6, 6.07) is 8.35. The molecule has 0 aliphatic carbocycles. The van der Waals surface area contributed by atoms with Crippen molar-refractivity contribution in [1.29, 1.82) is 0 Å². The maximum atomic E-state index is 4.87. The van der Waals surface area contributed by atoms with E-state index in [1.807, 2.05) is 13.1 Å². The van der Waals surface area contributed by atoms with Crippen molar-refractivity contribution >= 4 is 39.0 Å². The minimum Gasteiger partial charge on any atom is -0.339 e. The molecule has 1 saturated heterocycles. The number of fused-ring (bicyclic) bond motifs is 1. The average molecular weight is 417 g/mol. The lowest BCUT2D eigenvalue weighted by Crippen LogP contribution is -2.31. The Bertz CT molecular complexity index is 1070. The van der Waals surface area contributed by atoms with Crippen LogP contribution in [0.4, 0.5) is 5.82 Å². The van der Waals surface area contributed by atoms with Gasteiger partial charge in [0.1, 0.15) is 5.82 Å². The number of pyridine rings is 1. The van der Waals surface area contributed by atoms with E-state index in [0.717, 1.165) is 62.9 Å². The first kappa shape index (κ1) is 20.6. The molecule has 4 rings (SSSR count). The minimum atomic E-state index is 0.593. The molecule has 1 aromatic carbocycles. The number of benzene rings is 1. The number of nitrogens with zero attached hydrogens (tertiary/aromatic N) is 2. The van der Waals surface area contributed by atoms with Crippen LogP contribution >= 0.6 is 11.8 Å². The van der Waals surface area contributed by atoms with Crippen molar-refractivity contribution in [2.24, 2.45) is 10.9 Å². The highest BCUT2D eigenvalue weighted by Crippen LogP contribution is 2.33. The smallest absolute Gasteiger partial charge is 0.130 e. The quantitative estimate of drug-likeness (QED) is 0.570. The third-order valence-corrected chi connectivity index (χ3v) is 6.34. The van der Waals surface area contributed by atoms with Crippen LogP contribution in [-0.2, 0) is 0 Å². The highest BCUT2D eigenvalue weighted by molar-refractivity contribution is 8.11. The fourth-order valence-corrected chi connectivity index (χ4v) is 4.59. The number of thioether (sulfide) groups is 1. The first-order valence-corrected chi connectivity index (χ1v) is 11.2. The zero-order valence-electron chi connectivity index (χ0n) is 17.5. The lowest BCUT2D eigenvalue weighted by molar-refractivity contribution is 0.454. The Labute approximate surface area is 183 Å². The van der Waals surface area contributed by atoms with Crippen LogP contribution in [0, 0.1) is 5.92 Å². The van der Waals surface area contributed by atoms with Gasteiger partial charge in [-0.2, -0.15) is 0 Å². The third kappa shape index (κ3) is 4.74. The molecule has 5 heteroatoms. The van der Waals surface area contributed by atoms with Crippen LogP contribution in [0.1, 0.15) is 31.7 Å². The van der Waals surface area contributed by atoms with E-state index >= 15 is 0 Å². The number of hydrogen-bond acceptors (Lipinski definition) is 5. The molecule has 0 amide bonds. The van der Waals surface area contributed by atoms with Crippen molar-refractivity contribution in [1.82, 2.24) is 10.3 Å². The van der Waals surface area contributed by atoms with Gasteiger partial charge >= 0.3 is 0 Å². The van der Waals surface area contributed by atoms with E-state index in [9.17, 15) is 0 Å². The standard InChI is InChI=1S/C25H28N4S/c1-16(2)30-18(4)20-5-6-21-15-27-25(14-22(21)13-20)28-17(3)23-7-8-24(29-23)19-9-11-26-12-10-19/h5-7,13-15,19,26H,1,3-4,8-12H2,2H3,(H,27,28). The topological polar surface area (TPSA) is 49.3 Å². The summed E-state index contributed by atoms with van der Waals surface area (Å²) in [5.74, 6) is 1.37. The molecule has 2 N–H and O–H groups in total. The molecule has 2 aromatic rings. The number of anilines is 1. The van der Waals surface area contributed by atoms with Crippen LogP contribution in [0.2, 0.25) is 0 Å². The summed E-state index contributed by atoms with van der Waals surface area (Å²) < 4.78 is 0. The number of allylic oxidation sites excluding steroid dienone is 2. The summed E-state index contributed by atoms with van der Waals surface area (Å²) in [6.07, 6.45) is 7.32. The van der Waals surface area contributed by atoms with Gasteiger partial charge < -0.3 is 10.6 Å². The van der Waals surface area contributed by atoms with Crippen molar-refractivity contribution in [3.8, 4) is 0 Å². The third-order valence-electron chi connectivity index (χ3n) is 5.51. The van der Waals surface area contributed by atoms with Crippen molar-refractivity contribution in [3.63, 3.8) is 0 Å². The summed E-state index contributed by atoms with van der Waals surface area (Å²) in [7, 11) is 0. The molecular weight excluding hydrogens is 388 g/mol. The van der Waals surface area contributed by atoms with Crippen LogP contribution < -0.4 is 10.6 Å². The molecule has 0 unspecified atom stereocenters. The fraction of sp³-hybridized carbons (Fsp3) is 0.280. The molecule has 0 atom stereocenters. The molecule has 0 radical (unpaired) electrons. The van der Waals surface area contributed by atoms with Gasteiger partial charge in [0.2, 0.25) is 0 Å². The van der Waals surface area contributed by atoms with Gasteiger partial charge in [-0.25, -0.2) is 4.98 Å². The van der Waals surface area contributed by atoms with Crippen molar-refractivity contribution < 1.29 is 0 Å². The summed E-state index contributed by atoms with van der Waals surface area (Å²) in [5.41, 5.74) is 4.12. The SMILES string of the molecule is C=C(C)SC(=C)c1ccc2cnc(NC(=C)C3=CCC(C4CCNCC4)=N3)cc2c1. The largest absolute Gasteiger partial charge is 0.339 e. The summed E-state index contributed by atoms with van der Waals surface area (Å²) >= 11 is 1.60. The van der Waals surface area contributed by atoms with E-state index in [0.29, 0.717) is 5.92 Å². The molecule has 3 heterocycles. The Morgan fingerprint density at radius 3 is 2.70 bits per heavy atom. The highest BCUT2D eigenvalue weighted by Gasteiger charge is 2.22. The van der Waals surface area contributed by atoms with Gasteiger partial charge in [-0.1, -0.05) is 49.7 Å². The van der Waals surface area contributed by atoms with Crippen LogP contribution in [0.15, 0.2) is 77.6 Å². The van der Waals surface area contributed by atoms with E-state index in [4.69, 9.17) is 4.99 Å². The maximum absolute atomic E-state index is 4.87. The second-order valence-electron chi connectivity index (χ2n) is 7.88. The molecule has 0 saturated carbocycles. The first-order chi connectivity index (χ1) is 14.5. The van der Waals surface area contributed by atoms with Crippen molar-refractivity contribution in [2.75, 3.05) is 18.4 Å². The van der Waals surface area contributed by atoms with Gasteiger partial charge in [0.05, 0.1) is 11.4 Å². The monoisotopic (exact) mass is 416 g/mol. The number of hydrogen-bond donors (Lipinski definition) is 2. The van der Waals surface area contributed by atoms with Crippen LogP contribution in [0.25, 0.3) is 15.7 Å². The van der Waals surface area contributed by atoms with E-state index < -0.39 is 0 Å². The zero-order chi connectivity index (χ0) is 21.1. The van der Waals surface area contributed by atoms with Gasteiger partial charge in [-0.15, -0.1) is 0 Å².